The largest absolute Gasteiger partial charge is 0.497 e. The van der Waals surface area contributed by atoms with Crippen molar-refractivity contribution in [3.8, 4) is 11.5 Å². The Hall–Kier alpha value is -2.45. The maximum absolute atomic E-state index is 12.7. The number of anilines is 2. The van der Waals surface area contributed by atoms with Crippen LogP contribution in [0.2, 0.25) is 5.02 Å². The number of carbonyl (C=O) groups is 1. The number of carbonyl (C=O) groups excluding carboxylic acids is 1. The van der Waals surface area contributed by atoms with E-state index in [-0.39, 0.29) is 11.4 Å². The number of nitrogens with one attached hydrogen (secondary N) is 1. The summed E-state index contributed by atoms with van der Waals surface area (Å²) in [7, 11) is -0.849. The zero-order chi connectivity index (χ0) is 20.2. The van der Waals surface area contributed by atoms with E-state index in [2.05, 4.69) is 5.32 Å². The molecule has 0 fully saturated rings. The van der Waals surface area contributed by atoms with Crippen molar-refractivity contribution in [2.24, 2.45) is 0 Å². The van der Waals surface area contributed by atoms with Gasteiger partial charge in [-0.05, 0) is 49.4 Å². The first-order valence-electron chi connectivity index (χ1n) is 7.95. The van der Waals surface area contributed by atoms with Crippen molar-refractivity contribution in [1.82, 2.24) is 0 Å². The molecule has 7 nitrogen and oxygen atoms in total. The summed E-state index contributed by atoms with van der Waals surface area (Å²) in [5, 5.41) is 3.01. The first-order valence-corrected chi connectivity index (χ1v) is 10.2. The van der Waals surface area contributed by atoms with Crippen molar-refractivity contribution < 1.29 is 22.7 Å². The third kappa shape index (κ3) is 5.05. The Morgan fingerprint density at radius 2 is 1.74 bits per heavy atom. The molecule has 0 spiro atoms. The summed E-state index contributed by atoms with van der Waals surface area (Å²) < 4.78 is 36.1. The highest BCUT2D eigenvalue weighted by atomic mass is 35.5. The van der Waals surface area contributed by atoms with Crippen LogP contribution in [0.1, 0.15) is 6.92 Å². The second-order valence-corrected chi connectivity index (χ2v) is 8.06. The number of sulfonamides is 1. The number of hydrogen-bond donors (Lipinski definition) is 1. The molecule has 2 aromatic rings. The van der Waals surface area contributed by atoms with Crippen molar-refractivity contribution in [2.45, 2.75) is 13.0 Å². The van der Waals surface area contributed by atoms with Gasteiger partial charge in [-0.1, -0.05) is 11.6 Å². The highest BCUT2D eigenvalue weighted by Gasteiger charge is 2.31. The second-order valence-electron chi connectivity index (χ2n) is 5.77. The van der Waals surface area contributed by atoms with Gasteiger partial charge in [-0.15, -0.1) is 0 Å². The molecule has 0 saturated carbocycles. The molecule has 0 aliphatic rings. The number of ether oxygens (including phenoxy) is 2. The lowest BCUT2D eigenvalue weighted by Gasteiger charge is -2.29. The molecule has 0 radical (unpaired) electrons. The Balaban J connectivity index is 2.36. The van der Waals surface area contributed by atoms with E-state index in [4.69, 9.17) is 21.1 Å². The molecule has 2 aromatic carbocycles. The van der Waals surface area contributed by atoms with Gasteiger partial charge in [0.25, 0.3) is 0 Å². The lowest BCUT2D eigenvalue weighted by molar-refractivity contribution is -0.116. The lowest BCUT2D eigenvalue weighted by atomic mass is 10.2. The van der Waals surface area contributed by atoms with E-state index >= 15 is 0 Å². The highest BCUT2D eigenvalue weighted by Crippen LogP contribution is 2.34. The maximum Gasteiger partial charge on any atom is 0.247 e. The van der Waals surface area contributed by atoms with Crippen LogP contribution in [-0.4, -0.2) is 40.8 Å². The van der Waals surface area contributed by atoms with Crippen molar-refractivity contribution in [1.29, 1.82) is 0 Å². The molecule has 27 heavy (non-hydrogen) atoms. The van der Waals surface area contributed by atoms with Crippen LogP contribution in [0.5, 0.6) is 11.5 Å². The molecule has 1 N–H and O–H groups in total. The monoisotopic (exact) mass is 412 g/mol. The van der Waals surface area contributed by atoms with Gasteiger partial charge in [0.05, 0.1) is 26.2 Å². The molecular weight excluding hydrogens is 392 g/mol. The minimum atomic E-state index is -3.80. The normalized spacial score (nSPS) is 12.2. The topological polar surface area (TPSA) is 84.9 Å². The van der Waals surface area contributed by atoms with E-state index < -0.39 is 22.0 Å². The van der Waals surface area contributed by atoms with E-state index in [0.717, 1.165) is 10.6 Å². The van der Waals surface area contributed by atoms with Gasteiger partial charge in [-0.25, -0.2) is 8.42 Å². The third-order valence-electron chi connectivity index (χ3n) is 3.82. The van der Waals surface area contributed by atoms with Gasteiger partial charge >= 0.3 is 0 Å². The van der Waals surface area contributed by atoms with Crippen molar-refractivity contribution in [3.63, 3.8) is 0 Å². The second kappa shape index (κ2) is 8.49. The molecule has 0 aliphatic carbocycles. The molecule has 0 aromatic heterocycles. The van der Waals surface area contributed by atoms with Gasteiger partial charge in [0.15, 0.2) is 0 Å². The summed E-state index contributed by atoms with van der Waals surface area (Å²) in [5.74, 6) is 0.420. The molecule has 146 valence electrons. The van der Waals surface area contributed by atoms with Crippen LogP contribution in [0, 0.1) is 0 Å². The number of halogens is 1. The number of methoxy groups -OCH3 is 2. The maximum atomic E-state index is 12.7. The van der Waals surface area contributed by atoms with Gasteiger partial charge in [0.2, 0.25) is 15.9 Å². The summed E-state index contributed by atoms with van der Waals surface area (Å²) in [4.78, 5) is 12.7. The van der Waals surface area contributed by atoms with Crippen LogP contribution >= 0.6 is 11.6 Å². The molecule has 1 unspecified atom stereocenters. The fraction of sp³-hybridized carbons (Fsp3) is 0.278. The standard InChI is InChI=1S/C18H21ClN2O5S/c1-12(18(22)20-14-6-8-15(25-2)9-7-14)21(27(4,23)24)16-11-13(19)5-10-17(16)26-3/h5-12H,1-4H3,(H,20,22). The fourth-order valence-corrected chi connectivity index (χ4v) is 3.87. The van der Waals surface area contributed by atoms with E-state index in [1.165, 1.54) is 27.2 Å². The average molecular weight is 413 g/mol. The molecule has 0 saturated heterocycles. The third-order valence-corrected chi connectivity index (χ3v) is 5.29. The molecule has 1 amide bonds. The van der Waals surface area contributed by atoms with E-state index in [1.54, 1.807) is 36.4 Å². The first-order chi connectivity index (χ1) is 12.7. The Bertz CT molecular complexity index is 916. The zero-order valence-corrected chi connectivity index (χ0v) is 17.0. The van der Waals surface area contributed by atoms with Gasteiger partial charge in [0.1, 0.15) is 17.5 Å². The van der Waals surface area contributed by atoms with Crippen LogP contribution in [0.15, 0.2) is 42.5 Å². The zero-order valence-electron chi connectivity index (χ0n) is 15.4. The average Bonchev–Trinajstić information content (AvgIpc) is 2.61. The van der Waals surface area contributed by atoms with E-state index in [1.807, 2.05) is 0 Å². The van der Waals surface area contributed by atoms with Crippen molar-refractivity contribution in [3.05, 3.63) is 47.5 Å². The molecule has 0 aliphatic heterocycles. The summed E-state index contributed by atoms with van der Waals surface area (Å²) in [6.45, 7) is 1.49. The number of benzene rings is 2. The Labute approximate surface area is 163 Å². The molecule has 2 rings (SSSR count). The minimum absolute atomic E-state index is 0.185. The minimum Gasteiger partial charge on any atom is -0.497 e. The highest BCUT2D eigenvalue weighted by molar-refractivity contribution is 7.92. The van der Waals surface area contributed by atoms with Crippen LogP contribution < -0.4 is 19.1 Å². The SMILES string of the molecule is COc1ccc(NC(=O)C(C)N(c2cc(Cl)ccc2OC)S(C)(=O)=O)cc1. The van der Waals surface area contributed by atoms with Gasteiger partial charge in [-0.3, -0.25) is 9.10 Å². The first kappa shape index (κ1) is 20.9. The smallest absolute Gasteiger partial charge is 0.247 e. The summed E-state index contributed by atoms with van der Waals surface area (Å²) in [5.41, 5.74) is 0.698. The Kier molecular flexibility index (Phi) is 6.56. The predicted molar refractivity (Wildman–Crippen MR) is 106 cm³/mol. The number of nitrogens with zero attached hydrogens (tertiary/aromatic N) is 1. The molecule has 1 atom stereocenters. The number of hydrogen-bond acceptors (Lipinski definition) is 5. The molecular formula is C18H21ClN2O5S. The van der Waals surface area contributed by atoms with Crippen molar-refractivity contribution in [2.75, 3.05) is 30.1 Å². The van der Waals surface area contributed by atoms with Gasteiger partial charge < -0.3 is 14.8 Å². The van der Waals surface area contributed by atoms with E-state index in [9.17, 15) is 13.2 Å². The molecule has 9 heteroatoms. The number of amides is 1. The Morgan fingerprint density at radius 3 is 2.26 bits per heavy atom. The molecule has 0 heterocycles. The van der Waals surface area contributed by atoms with Crippen LogP contribution in [0.3, 0.4) is 0 Å². The van der Waals surface area contributed by atoms with Gasteiger partial charge in [0, 0.05) is 10.7 Å². The van der Waals surface area contributed by atoms with Gasteiger partial charge in [-0.2, -0.15) is 0 Å². The quantitative estimate of drug-likeness (QED) is 0.755. The summed E-state index contributed by atoms with van der Waals surface area (Å²) in [6.07, 6.45) is 1.02. The summed E-state index contributed by atoms with van der Waals surface area (Å²) in [6, 6.07) is 10.2. The lowest BCUT2D eigenvalue weighted by Crippen LogP contribution is -2.45. The fourth-order valence-electron chi connectivity index (χ4n) is 2.54. The van der Waals surface area contributed by atoms with Crippen LogP contribution in [-0.2, 0) is 14.8 Å². The predicted octanol–water partition coefficient (Wildman–Crippen LogP) is 3.15. The van der Waals surface area contributed by atoms with Crippen LogP contribution in [0.25, 0.3) is 0 Å². The number of rotatable bonds is 7. The van der Waals surface area contributed by atoms with Crippen LogP contribution in [0.4, 0.5) is 11.4 Å². The Morgan fingerprint density at radius 1 is 1.11 bits per heavy atom. The van der Waals surface area contributed by atoms with E-state index in [0.29, 0.717) is 16.5 Å². The van der Waals surface area contributed by atoms with Crippen molar-refractivity contribution >= 4 is 38.9 Å². The molecule has 0 bridgehead atoms. The summed E-state index contributed by atoms with van der Waals surface area (Å²) >= 11 is 6.02.